The molecule has 1 aromatic carbocycles. The van der Waals surface area contributed by atoms with Crippen molar-refractivity contribution >= 4 is 29.6 Å². The van der Waals surface area contributed by atoms with Crippen LogP contribution in [0.5, 0.6) is 0 Å². The van der Waals surface area contributed by atoms with Crippen molar-refractivity contribution in [1.29, 1.82) is 0 Å². The molecule has 0 bridgehead atoms. The van der Waals surface area contributed by atoms with E-state index in [1.165, 1.54) is 18.5 Å². The molecule has 0 atom stereocenters. The SMILES string of the molecule is O=C(CNC(=O)c1ccco1)N/N=C/c1ccc(Cl)cc1. The topological polar surface area (TPSA) is 83.7 Å². The predicted octanol–water partition coefficient (Wildman–Crippen LogP) is 1.81. The molecule has 0 spiro atoms. The average molecular weight is 306 g/mol. The molecule has 7 heteroatoms. The van der Waals surface area contributed by atoms with E-state index in [4.69, 9.17) is 16.0 Å². The Bertz CT molecular complexity index is 636. The first-order valence-corrected chi connectivity index (χ1v) is 6.42. The molecule has 6 nitrogen and oxygen atoms in total. The number of hydrogen-bond acceptors (Lipinski definition) is 4. The van der Waals surface area contributed by atoms with Gasteiger partial charge in [-0.1, -0.05) is 23.7 Å². The molecule has 2 amide bonds. The second kappa shape index (κ2) is 7.25. The molecular formula is C14H12ClN3O3. The van der Waals surface area contributed by atoms with Crippen molar-refractivity contribution < 1.29 is 14.0 Å². The zero-order valence-corrected chi connectivity index (χ0v) is 11.6. The van der Waals surface area contributed by atoms with E-state index in [0.29, 0.717) is 5.02 Å². The van der Waals surface area contributed by atoms with E-state index in [-0.39, 0.29) is 12.3 Å². The van der Waals surface area contributed by atoms with Gasteiger partial charge >= 0.3 is 0 Å². The molecule has 21 heavy (non-hydrogen) atoms. The highest BCUT2D eigenvalue weighted by atomic mass is 35.5. The largest absolute Gasteiger partial charge is 0.459 e. The van der Waals surface area contributed by atoms with Gasteiger partial charge < -0.3 is 9.73 Å². The van der Waals surface area contributed by atoms with Gasteiger partial charge in [-0.25, -0.2) is 5.43 Å². The fourth-order valence-corrected chi connectivity index (χ4v) is 1.55. The van der Waals surface area contributed by atoms with Crippen LogP contribution < -0.4 is 10.7 Å². The molecule has 0 aliphatic rings. The fraction of sp³-hybridized carbons (Fsp3) is 0.0714. The van der Waals surface area contributed by atoms with Crippen LogP contribution in [0.4, 0.5) is 0 Å². The lowest BCUT2D eigenvalue weighted by Crippen LogP contribution is -2.34. The summed E-state index contributed by atoms with van der Waals surface area (Å²) in [5.74, 6) is -0.760. The van der Waals surface area contributed by atoms with Crippen LogP contribution in [0.1, 0.15) is 16.1 Å². The van der Waals surface area contributed by atoms with Gasteiger partial charge in [-0.15, -0.1) is 0 Å². The van der Waals surface area contributed by atoms with Crippen LogP contribution >= 0.6 is 11.6 Å². The molecule has 0 fully saturated rings. The van der Waals surface area contributed by atoms with E-state index in [2.05, 4.69) is 15.8 Å². The number of amides is 2. The van der Waals surface area contributed by atoms with Gasteiger partial charge in [0.1, 0.15) is 0 Å². The number of furan rings is 1. The summed E-state index contributed by atoms with van der Waals surface area (Å²) >= 11 is 5.75. The lowest BCUT2D eigenvalue weighted by molar-refractivity contribution is -0.120. The first-order valence-electron chi connectivity index (χ1n) is 6.04. The minimum absolute atomic E-state index is 0.146. The normalized spacial score (nSPS) is 10.5. The van der Waals surface area contributed by atoms with Crippen LogP contribution in [-0.2, 0) is 4.79 Å². The molecule has 0 saturated carbocycles. The zero-order valence-electron chi connectivity index (χ0n) is 10.9. The Morgan fingerprint density at radius 3 is 2.67 bits per heavy atom. The molecule has 0 unspecified atom stereocenters. The highest BCUT2D eigenvalue weighted by Crippen LogP contribution is 2.07. The molecule has 1 aromatic heterocycles. The van der Waals surface area contributed by atoms with Crippen molar-refractivity contribution in [2.24, 2.45) is 5.10 Å². The number of hydrazone groups is 1. The number of carbonyl (C=O) groups excluding carboxylic acids is 2. The maximum atomic E-state index is 11.5. The lowest BCUT2D eigenvalue weighted by Gasteiger charge is -2.01. The Balaban J connectivity index is 1.74. The number of halogens is 1. The molecule has 1 heterocycles. The van der Waals surface area contributed by atoms with E-state index < -0.39 is 11.8 Å². The van der Waals surface area contributed by atoms with Gasteiger partial charge in [-0.3, -0.25) is 9.59 Å². The predicted molar refractivity (Wildman–Crippen MR) is 78.2 cm³/mol. The van der Waals surface area contributed by atoms with Gasteiger partial charge in [-0.2, -0.15) is 5.10 Å². The van der Waals surface area contributed by atoms with Crippen molar-refractivity contribution in [3.8, 4) is 0 Å². The van der Waals surface area contributed by atoms with Crippen LogP contribution in [0.2, 0.25) is 5.02 Å². The van der Waals surface area contributed by atoms with E-state index in [9.17, 15) is 9.59 Å². The number of hydrogen-bond donors (Lipinski definition) is 2. The van der Waals surface area contributed by atoms with Crippen LogP contribution in [0, 0.1) is 0 Å². The molecule has 0 aliphatic heterocycles. The summed E-state index contributed by atoms with van der Waals surface area (Å²) in [5, 5.41) is 6.80. The Kier molecular flexibility index (Phi) is 5.11. The smallest absolute Gasteiger partial charge is 0.287 e. The van der Waals surface area contributed by atoms with Crippen LogP contribution in [0.15, 0.2) is 52.2 Å². The van der Waals surface area contributed by atoms with Crippen molar-refractivity contribution in [1.82, 2.24) is 10.7 Å². The summed E-state index contributed by atoms with van der Waals surface area (Å²) in [7, 11) is 0. The maximum Gasteiger partial charge on any atom is 0.287 e. The Labute approximate surface area is 125 Å². The summed E-state index contributed by atoms with van der Waals surface area (Å²) in [6, 6.07) is 10.0. The first kappa shape index (κ1) is 14.8. The summed E-state index contributed by atoms with van der Waals surface area (Å²) < 4.78 is 4.89. The number of carbonyl (C=O) groups is 2. The van der Waals surface area contributed by atoms with Gasteiger partial charge in [0, 0.05) is 5.02 Å². The molecule has 108 valence electrons. The quantitative estimate of drug-likeness (QED) is 0.653. The van der Waals surface area contributed by atoms with Crippen molar-refractivity contribution in [2.45, 2.75) is 0 Å². The van der Waals surface area contributed by atoms with Gasteiger partial charge in [0.2, 0.25) is 0 Å². The highest BCUT2D eigenvalue weighted by molar-refractivity contribution is 6.30. The number of rotatable bonds is 5. The standard InChI is InChI=1S/C14H12ClN3O3/c15-11-5-3-10(4-6-11)8-17-18-13(19)9-16-14(20)12-2-1-7-21-12/h1-8H,9H2,(H,16,20)(H,18,19)/b17-8+. The maximum absolute atomic E-state index is 11.5. The third-order valence-corrected chi connectivity index (χ3v) is 2.68. The Morgan fingerprint density at radius 2 is 2.00 bits per heavy atom. The van der Waals surface area contributed by atoms with Gasteiger partial charge in [-0.05, 0) is 29.8 Å². The van der Waals surface area contributed by atoms with E-state index in [0.717, 1.165) is 5.56 Å². The molecule has 0 saturated heterocycles. The molecule has 2 N–H and O–H groups in total. The highest BCUT2D eigenvalue weighted by Gasteiger charge is 2.09. The Hall–Kier alpha value is -2.60. The summed E-state index contributed by atoms with van der Waals surface area (Å²) in [4.78, 5) is 23.0. The number of nitrogens with zero attached hydrogens (tertiary/aromatic N) is 1. The molecular weight excluding hydrogens is 294 g/mol. The number of benzene rings is 1. The van der Waals surface area contributed by atoms with Crippen LogP contribution in [-0.4, -0.2) is 24.6 Å². The van der Waals surface area contributed by atoms with Crippen molar-refractivity contribution in [3.05, 3.63) is 59.0 Å². The fourth-order valence-electron chi connectivity index (χ4n) is 1.42. The summed E-state index contributed by atoms with van der Waals surface area (Å²) in [5.41, 5.74) is 3.09. The first-order chi connectivity index (χ1) is 10.1. The minimum Gasteiger partial charge on any atom is -0.459 e. The molecule has 0 aliphatic carbocycles. The minimum atomic E-state index is -0.461. The second-order valence-corrected chi connectivity index (χ2v) is 4.44. The van der Waals surface area contributed by atoms with Crippen LogP contribution in [0.25, 0.3) is 0 Å². The third kappa shape index (κ3) is 4.77. The zero-order chi connectivity index (χ0) is 15.1. The van der Waals surface area contributed by atoms with Crippen molar-refractivity contribution in [3.63, 3.8) is 0 Å². The van der Waals surface area contributed by atoms with E-state index in [1.807, 2.05) is 0 Å². The average Bonchev–Trinajstić information content (AvgIpc) is 3.01. The van der Waals surface area contributed by atoms with Crippen LogP contribution in [0.3, 0.4) is 0 Å². The van der Waals surface area contributed by atoms with Gasteiger partial charge in [0.05, 0.1) is 19.0 Å². The monoisotopic (exact) mass is 305 g/mol. The van der Waals surface area contributed by atoms with E-state index >= 15 is 0 Å². The van der Waals surface area contributed by atoms with Gasteiger partial charge in [0.25, 0.3) is 11.8 Å². The second-order valence-electron chi connectivity index (χ2n) is 4.00. The van der Waals surface area contributed by atoms with E-state index in [1.54, 1.807) is 30.3 Å². The number of nitrogens with one attached hydrogen (secondary N) is 2. The molecule has 2 aromatic rings. The third-order valence-electron chi connectivity index (χ3n) is 2.43. The van der Waals surface area contributed by atoms with Crippen molar-refractivity contribution in [2.75, 3.05) is 6.54 Å². The Morgan fingerprint density at radius 1 is 1.24 bits per heavy atom. The van der Waals surface area contributed by atoms with Gasteiger partial charge in [0.15, 0.2) is 5.76 Å². The summed E-state index contributed by atoms with van der Waals surface area (Å²) in [6.45, 7) is -0.197. The molecule has 0 radical (unpaired) electrons. The molecule has 2 rings (SSSR count). The summed E-state index contributed by atoms with van der Waals surface area (Å²) in [6.07, 6.45) is 2.86. The lowest BCUT2D eigenvalue weighted by atomic mass is 10.2.